The van der Waals surface area contributed by atoms with Gasteiger partial charge in [0.1, 0.15) is 5.01 Å². The SMILES string of the molecule is COc1cccc(C(N)c2nccs2)c1O. The maximum atomic E-state index is 9.93. The van der Waals surface area contributed by atoms with Gasteiger partial charge in [0.05, 0.1) is 13.2 Å². The van der Waals surface area contributed by atoms with Crippen LogP contribution in [0, 0.1) is 0 Å². The summed E-state index contributed by atoms with van der Waals surface area (Å²) >= 11 is 1.46. The van der Waals surface area contributed by atoms with Crippen molar-refractivity contribution in [3.05, 3.63) is 40.3 Å². The van der Waals surface area contributed by atoms with Crippen LogP contribution in [0.5, 0.6) is 11.5 Å². The first-order valence-electron chi connectivity index (χ1n) is 4.75. The van der Waals surface area contributed by atoms with Gasteiger partial charge in [0, 0.05) is 17.1 Å². The molecule has 0 bridgehead atoms. The first kappa shape index (κ1) is 10.9. The monoisotopic (exact) mass is 236 g/mol. The van der Waals surface area contributed by atoms with Crippen LogP contribution < -0.4 is 10.5 Å². The normalized spacial score (nSPS) is 12.4. The van der Waals surface area contributed by atoms with E-state index in [0.29, 0.717) is 11.3 Å². The van der Waals surface area contributed by atoms with E-state index in [2.05, 4.69) is 4.98 Å². The molecule has 1 heterocycles. The third kappa shape index (κ3) is 1.87. The molecule has 4 nitrogen and oxygen atoms in total. The predicted molar refractivity (Wildman–Crippen MR) is 62.8 cm³/mol. The van der Waals surface area contributed by atoms with Crippen LogP contribution in [0.4, 0.5) is 0 Å². The number of methoxy groups -OCH3 is 1. The number of benzene rings is 1. The number of rotatable bonds is 3. The van der Waals surface area contributed by atoms with E-state index in [-0.39, 0.29) is 5.75 Å². The smallest absolute Gasteiger partial charge is 0.162 e. The quantitative estimate of drug-likeness (QED) is 0.854. The van der Waals surface area contributed by atoms with Crippen molar-refractivity contribution in [2.45, 2.75) is 6.04 Å². The highest BCUT2D eigenvalue weighted by Gasteiger charge is 2.17. The van der Waals surface area contributed by atoms with Crippen molar-refractivity contribution in [2.75, 3.05) is 7.11 Å². The van der Waals surface area contributed by atoms with Crippen LogP contribution in [0.25, 0.3) is 0 Å². The number of phenolic OH excluding ortho intramolecular Hbond substituents is 1. The Balaban J connectivity index is 2.41. The molecule has 1 aromatic heterocycles. The van der Waals surface area contributed by atoms with Crippen LogP contribution in [0.15, 0.2) is 29.8 Å². The summed E-state index contributed by atoms with van der Waals surface area (Å²) in [4.78, 5) is 4.13. The lowest BCUT2D eigenvalue weighted by atomic mass is 10.1. The zero-order chi connectivity index (χ0) is 11.5. The van der Waals surface area contributed by atoms with Crippen LogP contribution in [0.3, 0.4) is 0 Å². The van der Waals surface area contributed by atoms with Crippen LogP contribution in [0.1, 0.15) is 16.6 Å². The van der Waals surface area contributed by atoms with E-state index in [1.54, 1.807) is 24.4 Å². The maximum Gasteiger partial charge on any atom is 0.162 e. The number of hydrogen-bond acceptors (Lipinski definition) is 5. The molecule has 2 aromatic rings. The Bertz CT molecular complexity index is 471. The van der Waals surface area contributed by atoms with Crippen molar-refractivity contribution in [2.24, 2.45) is 5.73 Å². The molecule has 0 aliphatic heterocycles. The van der Waals surface area contributed by atoms with Crippen molar-refractivity contribution in [3.8, 4) is 11.5 Å². The lowest BCUT2D eigenvalue weighted by Gasteiger charge is -2.13. The van der Waals surface area contributed by atoms with Gasteiger partial charge in [0.2, 0.25) is 0 Å². The van der Waals surface area contributed by atoms with E-state index in [9.17, 15) is 5.11 Å². The summed E-state index contributed by atoms with van der Waals surface area (Å²) in [5, 5.41) is 12.6. The first-order chi connectivity index (χ1) is 7.74. The summed E-state index contributed by atoms with van der Waals surface area (Å²) < 4.78 is 5.03. The minimum absolute atomic E-state index is 0.0766. The summed E-state index contributed by atoms with van der Waals surface area (Å²) in [7, 11) is 1.51. The molecule has 0 saturated heterocycles. The molecule has 84 valence electrons. The van der Waals surface area contributed by atoms with Crippen molar-refractivity contribution in [1.29, 1.82) is 0 Å². The Morgan fingerprint density at radius 2 is 2.31 bits per heavy atom. The van der Waals surface area contributed by atoms with Crippen molar-refractivity contribution in [3.63, 3.8) is 0 Å². The molecule has 0 spiro atoms. The third-order valence-electron chi connectivity index (χ3n) is 2.30. The minimum atomic E-state index is -0.421. The molecule has 5 heteroatoms. The second kappa shape index (κ2) is 4.51. The molecule has 3 N–H and O–H groups in total. The zero-order valence-corrected chi connectivity index (χ0v) is 9.57. The molecular formula is C11H12N2O2S. The van der Waals surface area contributed by atoms with Crippen LogP contribution in [-0.4, -0.2) is 17.2 Å². The van der Waals surface area contributed by atoms with Gasteiger partial charge in [-0.2, -0.15) is 0 Å². The van der Waals surface area contributed by atoms with Crippen LogP contribution >= 0.6 is 11.3 Å². The Morgan fingerprint density at radius 3 is 2.94 bits per heavy atom. The fourth-order valence-corrected chi connectivity index (χ4v) is 2.13. The molecule has 0 radical (unpaired) electrons. The summed E-state index contributed by atoms with van der Waals surface area (Å²) in [6.45, 7) is 0. The summed E-state index contributed by atoms with van der Waals surface area (Å²) in [5.41, 5.74) is 6.64. The zero-order valence-electron chi connectivity index (χ0n) is 8.75. The average Bonchev–Trinajstić information content (AvgIpc) is 2.82. The number of aromatic nitrogens is 1. The standard InChI is InChI=1S/C11H12N2O2S/c1-15-8-4-2-3-7(10(8)14)9(12)11-13-5-6-16-11/h2-6,9,14H,12H2,1H3. The van der Waals surface area contributed by atoms with Gasteiger partial charge in [0.15, 0.2) is 11.5 Å². The average molecular weight is 236 g/mol. The van der Waals surface area contributed by atoms with Crippen LogP contribution in [0.2, 0.25) is 0 Å². The molecule has 0 saturated carbocycles. The number of thiazole rings is 1. The number of phenols is 1. The molecule has 1 atom stereocenters. The van der Waals surface area contributed by atoms with Crippen LogP contribution in [-0.2, 0) is 0 Å². The minimum Gasteiger partial charge on any atom is -0.504 e. The Morgan fingerprint density at radius 1 is 1.50 bits per heavy atom. The number of para-hydroxylation sites is 1. The van der Waals surface area contributed by atoms with Gasteiger partial charge in [-0.05, 0) is 6.07 Å². The second-order valence-electron chi connectivity index (χ2n) is 3.25. The van der Waals surface area contributed by atoms with Crippen molar-refractivity contribution < 1.29 is 9.84 Å². The van der Waals surface area contributed by atoms with Crippen molar-refractivity contribution in [1.82, 2.24) is 4.98 Å². The molecule has 1 unspecified atom stereocenters. The number of ether oxygens (including phenoxy) is 1. The first-order valence-corrected chi connectivity index (χ1v) is 5.63. The lowest BCUT2D eigenvalue weighted by Crippen LogP contribution is -2.11. The molecule has 2 rings (SSSR count). The van der Waals surface area contributed by atoms with E-state index in [1.807, 2.05) is 5.38 Å². The van der Waals surface area contributed by atoms with Gasteiger partial charge in [0.25, 0.3) is 0 Å². The maximum absolute atomic E-state index is 9.93. The molecule has 1 aromatic carbocycles. The highest BCUT2D eigenvalue weighted by molar-refractivity contribution is 7.09. The molecule has 0 aliphatic carbocycles. The predicted octanol–water partition coefficient (Wildman–Crippen LogP) is 1.91. The van der Waals surface area contributed by atoms with E-state index in [1.165, 1.54) is 18.4 Å². The number of hydrogen-bond donors (Lipinski definition) is 2. The van der Waals surface area contributed by atoms with Gasteiger partial charge >= 0.3 is 0 Å². The van der Waals surface area contributed by atoms with E-state index in [4.69, 9.17) is 10.5 Å². The fraction of sp³-hybridized carbons (Fsp3) is 0.182. The summed E-state index contributed by atoms with van der Waals surface area (Å²) in [6.07, 6.45) is 1.69. The van der Waals surface area contributed by atoms with Crippen molar-refractivity contribution >= 4 is 11.3 Å². The second-order valence-corrected chi connectivity index (χ2v) is 4.17. The van der Waals surface area contributed by atoms with Gasteiger partial charge < -0.3 is 15.6 Å². The van der Waals surface area contributed by atoms with Gasteiger partial charge in [-0.25, -0.2) is 4.98 Å². The fourth-order valence-electron chi connectivity index (χ4n) is 1.48. The van der Waals surface area contributed by atoms with E-state index < -0.39 is 6.04 Å². The Kier molecular flexibility index (Phi) is 3.07. The molecule has 16 heavy (non-hydrogen) atoms. The highest BCUT2D eigenvalue weighted by atomic mass is 32.1. The number of nitrogens with zero attached hydrogens (tertiary/aromatic N) is 1. The number of nitrogens with two attached hydrogens (primary N) is 1. The van der Waals surface area contributed by atoms with Gasteiger partial charge in [-0.15, -0.1) is 11.3 Å². The molecule has 0 amide bonds. The van der Waals surface area contributed by atoms with E-state index >= 15 is 0 Å². The third-order valence-corrected chi connectivity index (χ3v) is 3.16. The van der Waals surface area contributed by atoms with Gasteiger partial charge in [-0.1, -0.05) is 12.1 Å². The molecular weight excluding hydrogens is 224 g/mol. The number of aromatic hydroxyl groups is 1. The summed E-state index contributed by atoms with van der Waals surface area (Å²) in [6, 6.07) is 4.83. The van der Waals surface area contributed by atoms with E-state index in [0.717, 1.165) is 5.01 Å². The Labute approximate surface area is 97.3 Å². The molecule has 0 aliphatic rings. The topological polar surface area (TPSA) is 68.4 Å². The lowest BCUT2D eigenvalue weighted by molar-refractivity contribution is 0.369. The highest BCUT2D eigenvalue weighted by Crippen LogP contribution is 2.35. The largest absolute Gasteiger partial charge is 0.504 e. The Hall–Kier alpha value is -1.59. The molecule has 0 fully saturated rings. The summed E-state index contributed by atoms with van der Waals surface area (Å²) in [5.74, 6) is 0.497. The van der Waals surface area contributed by atoms with Gasteiger partial charge in [-0.3, -0.25) is 0 Å².